The average Bonchev–Trinajstić information content (AvgIpc) is 2.16. The molecule has 0 aliphatic rings. The molecule has 0 heterocycles. The molecule has 80 valence electrons. The molecule has 0 aliphatic carbocycles. The highest BCUT2D eigenvalue weighted by Crippen LogP contribution is 2.07. The van der Waals surface area contributed by atoms with Crippen molar-refractivity contribution in [1.29, 1.82) is 0 Å². The Morgan fingerprint density at radius 1 is 1.57 bits per heavy atom. The second-order valence-corrected chi connectivity index (χ2v) is 3.31. The second-order valence-electron chi connectivity index (χ2n) is 2.99. The number of carbonyl (C=O) groups excluding carboxylic acids is 1. The quantitative estimate of drug-likeness (QED) is 0.346. The molecule has 0 aromatic carbocycles. The van der Waals surface area contributed by atoms with Crippen LogP contribution in [-0.4, -0.2) is 28.2 Å². The van der Waals surface area contributed by atoms with E-state index in [0.717, 1.165) is 12.8 Å². The molecule has 0 amide bonds. The largest absolute Gasteiger partial charge is 0.480 e. The summed E-state index contributed by atoms with van der Waals surface area (Å²) < 4.78 is 0. The van der Waals surface area contributed by atoms with Gasteiger partial charge in [0.1, 0.15) is 0 Å². The molecule has 0 unspecified atom stereocenters. The topological polar surface area (TPSA) is 80.4 Å². The van der Waals surface area contributed by atoms with E-state index in [1.807, 2.05) is 6.92 Å². The van der Waals surface area contributed by atoms with Gasteiger partial charge in [-0.1, -0.05) is 19.4 Å². The van der Waals surface area contributed by atoms with Crippen LogP contribution in [0.4, 0.5) is 0 Å². The van der Waals surface area contributed by atoms with Crippen molar-refractivity contribution < 1.29 is 14.7 Å². The predicted octanol–water partition coefficient (Wildman–Crippen LogP) is 0.624. The van der Waals surface area contributed by atoms with Gasteiger partial charge in [0.15, 0.2) is 11.3 Å². The Morgan fingerprint density at radius 2 is 2.14 bits per heavy atom. The van der Waals surface area contributed by atoms with Crippen LogP contribution in [0.15, 0.2) is 12.2 Å². The minimum absolute atomic E-state index is 0.211. The molecule has 0 radical (unpaired) electrons. The normalized spacial score (nSPS) is 15.4. The summed E-state index contributed by atoms with van der Waals surface area (Å²) in [6, 6.07) is 0. The molecule has 0 saturated heterocycles. The lowest BCUT2D eigenvalue weighted by Crippen LogP contribution is -2.56. The van der Waals surface area contributed by atoms with Crippen molar-refractivity contribution in [2.24, 2.45) is 5.73 Å². The molecule has 0 rings (SSSR count). The fourth-order valence-corrected chi connectivity index (χ4v) is 1.05. The SMILES string of the molecule is CCCC=CC(=O)[C@](N)(CS)C(=O)O. The molecule has 5 heteroatoms. The number of carboxylic acid groups (broad SMARTS) is 1. The molecule has 0 bridgehead atoms. The van der Waals surface area contributed by atoms with Crippen LogP contribution in [0, 0.1) is 0 Å². The summed E-state index contributed by atoms with van der Waals surface area (Å²) in [5.74, 6) is -2.18. The number of carboxylic acids is 1. The molecule has 3 N–H and O–H groups in total. The third-order valence-corrected chi connectivity index (χ3v) is 2.29. The first-order valence-corrected chi connectivity index (χ1v) is 4.96. The zero-order valence-corrected chi connectivity index (χ0v) is 8.96. The molecule has 4 nitrogen and oxygen atoms in total. The van der Waals surface area contributed by atoms with E-state index in [1.165, 1.54) is 6.08 Å². The van der Waals surface area contributed by atoms with Gasteiger partial charge in [-0.3, -0.25) is 4.79 Å². The van der Waals surface area contributed by atoms with Crippen molar-refractivity contribution in [1.82, 2.24) is 0 Å². The molecule has 0 spiro atoms. The molecule has 0 saturated carbocycles. The smallest absolute Gasteiger partial charge is 0.332 e. The molecular formula is C9H15NO3S. The molecular weight excluding hydrogens is 202 g/mol. The number of aliphatic carboxylic acids is 1. The lowest BCUT2D eigenvalue weighted by molar-refractivity contribution is -0.145. The van der Waals surface area contributed by atoms with Crippen LogP contribution in [0.2, 0.25) is 0 Å². The average molecular weight is 217 g/mol. The van der Waals surface area contributed by atoms with Crippen molar-refractivity contribution in [3.8, 4) is 0 Å². The van der Waals surface area contributed by atoms with Crippen LogP contribution >= 0.6 is 12.6 Å². The molecule has 0 aliphatic heterocycles. The Labute approximate surface area is 88.6 Å². The van der Waals surface area contributed by atoms with Crippen molar-refractivity contribution >= 4 is 24.4 Å². The number of carbonyl (C=O) groups is 2. The van der Waals surface area contributed by atoms with Crippen LogP contribution in [0.1, 0.15) is 19.8 Å². The standard InChI is InChI=1S/C9H15NO3S/c1-2-3-4-5-7(11)9(10,6-14)8(12)13/h4-5,14H,2-3,6,10H2,1H3,(H,12,13)/t9-/m1/s1. The fourth-order valence-electron chi connectivity index (χ4n) is 0.757. The molecule has 14 heavy (non-hydrogen) atoms. The highest BCUT2D eigenvalue weighted by atomic mass is 32.1. The predicted molar refractivity (Wildman–Crippen MR) is 57.5 cm³/mol. The maximum absolute atomic E-state index is 11.4. The Balaban J connectivity index is 4.55. The van der Waals surface area contributed by atoms with E-state index in [9.17, 15) is 9.59 Å². The van der Waals surface area contributed by atoms with E-state index in [1.54, 1.807) is 6.08 Å². The van der Waals surface area contributed by atoms with Crippen LogP contribution in [0.25, 0.3) is 0 Å². The summed E-state index contributed by atoms with van der Waals surface area (Å²) in [5, 5.41) is 8.73. The van der Waals surface area contributed by atoms with Gasteiger partial charge in [0.25, 0.3) is 0 Å². The highest BCUT2D eigenvalue weighted by molar-refractivity contribution is 7.80. The van der Waals surface area contributed by atoms with Crippen LogP contribution in [0.5, 0.6) is 0 Å². The number of rotatable bonds is 6. The maximum atomic E-state index is 11.4. The Morgan fingerprint density at radius 3 is 2.50 bits per heavy atom. The third-order valence-electron chi connectivity index (χ3n) is 1.80. The van der Waals surface area contributed by atoms with Crippen molar-refractivity contribution in [3.05, 3.63) is 12.2 Å². The van der Waals surface area contributed by atoms with E-state index in [-0.39, 0.29) is 5.75 Å². The van der Waals surface area contributed by atoms with Gasteiger partial charge in [-0.05, 0) is 12.5 Å². The van der Waals surface area contributed by atoms with Crippen molar-refractivity contribution in [2.75, 3.05) is 5.75 Å². The minimum atomic E-state index is -1.90. The van der Waals surface area contributed by atoms with E-state index in [0.29, 0.717) is 0 Å². The van der Waals surface area contributed by atoms with Gasteiger partial charge in [-0.25, -0.2) is 4.79 Å². The highest BCUT2D eigenvalue weighted by Gasteiger charge is 2.38. The third kappa shape index (κ3) is 3.16. The Kier molecular flexibility index (Phi) is 5.49. The summed E-state index contributed by atoms with van der Waals surface area (Å²) in [7, 11) is 0. The first kappa shape index (κ1) is 13.2. The first-order chi connectivity index (χ1) is 6.49. The van der Waals surface area contributed by atoms with E-state index in [4.69, 9.17) is 10.8 Å². The van der Waals surface area contributed by atoms with E-state index >= 15 is 0 Å². The molecule has 0 fully saturated rings. The van der Waals surface area contributed by atoms with Crippen LogP contribution < -0.4 is 5.73 Å². The van der Waals surface area contributed by atoms with Gasteiger partial charge in [-0.2, -0.15) is 12.6 Å². The second kappa shape index (κ2) is 5.82. The molecule has 1 atom stereocenters. The minimum Gasteiger partial charge on any atom is -0.480 e. The van der Waals surface area contributed by atoms with Crippen LogP contribution in [-0.2, 0) is 9.59 Å². The number of hydrogen-bond acceptors (Lipinski definition) is 4. The summed E-state index contributed by atoms with van der Waals surface area (Å²) in [4.78, 5) is 22.1. The monoisotopic (exact) mass is 217 g/mol. The van der Waals surface area contributed by atoms with Gasteiger partial charge >= 0.3 is 5.97 Å². The fraction of sp³-hybridized carbons (Fsp3) is 0.556. The number of nitrogens with two attached hydrogens (primary N) is 1. The lowest BCUT2D eigenvalue weighted by Gasteiger charge is -2.18. The molecule has 0 aromatic rings. The number of ketones is 1. The molecule has 0 aromatic heterocycles. The summed E-state index contributed by atoms with van der Waals surface area (Å²) in [5.41, 5.74) is 3.49. The summed E-state index contributed by atoms with van der Waals surface area (Å²) >= 11 is 3.76. The Hall–Kier alpha value is -0.810. The Bertz CT molecular complexity index is 252. The summed E-state index contributed by atoms with van der Waals surface area (Å²) in [6.07, 6.45) is 4.47. The van der Waals surface area contributed by atoms with Gasteiger partial charge < -0.3 is 10.8 Å². The maximum Gasteiger partial charge on any atom is 0.332 e. The number of hydrogen-bond donors (Lipinski definition) is 3. The number of thiol groups is 1. The van der Waals surface area contributed by atoms with Crippen molar-refractivity contribution in [3.63, 3.8) is 0 Å². The van der Waals surface area contributed by atoms with E-state index in [2.05, 4.69) is 12.6 Å². The van der Waals surface area contributed by atoms with Gasteiger partial charge in [0.05, 0.1) is 0 Å². The number of unbranched alkanes of at least 4 members (excludes halogenated alkanes) is 1. The van der Waals surface area contributed by atoms with Gasteiger partial charge in [0, 0.05) is 5.75 Å². The van der Waals surface area contributed by atoms with Crippen LogP contribution in [0.3, 0.4) is 0 Å². The van der Waals surface area contributed by atoms with Gasteiger partial charge in [0.2, 0.25) is 0 Å². The first-order valence-electron chi connectivity index (χ1n) is 4.33. The number of allylic oxidation sites excluding steroid dienone is 1. The van der Waals surface area contributed by atoms with E-state index < -0.39 is 17.3 Å². The summed E-state index contributed by atoms with van der Waals surface area (Å²) in [6.45, 7) is 1.96. The van der Waals surface area contributed by atoms with Gasteiger partial charge in [-0.15, -0.1) is 0 Å². The lowest BCUT2D eigenvalue weighted by atomic mass is 9.97. The zero-order chi connectivity index (χ0) is 11.2. The van der Waals surface area contributed by atoms with Crippen molar-refractivity contribution in [2.45, 2.75) is 25.3 Å². The zero-order valence-electron chi connectivity index (χ0n) is 8.06.